The molecule has 0 aromatic heterocycles. The number of nitrogens with one attached hydrogen (secondary N) is 1. The van der Waals surface area contributed by atoms with Gasteiger partial charge in [-0.3, -0.25) is 9.59 Å². The maximum Gasteiger partial charge on any atom is 0.330 e. The van der Waals surface area contributed by atoms with Gasteiger partial charge in [-0.25, -0.2) is 4.79 Å². The maximum atomic E-state index is 12.6. The Morgan fingerprint density at radius 3 is 2.54 bits per heavy atom. The van der Waals surface area contributed by atoms with Crippen LogP contribution in [0.2, 0.25) is 0 Å². The molecule has 1 aliphatic rings. The number of carbonyl (C=O) groups excluding carboxylic acids is 3. The van der Waals surface area contributed by atoms with Gasteiger partial charge >= 0.3 is 11.9 Å². The van der Waals surface area contributed by atoms with E-state index >= 15 is 0 Å². The molecule has 0 aliphatic carbocycles. The summed E-state index contributed by atoms with van der Waals surface area (Å²) < 4.78 is 10.2. The van der Waals surface area contributed by atoms with Crippen molar-refractivity contribution in [3.63, 3.8) is 0 Å². The minimum absolute atomic E-state index is 0.0134. The van der Waals surface area contributed by atoms with Gasteiger partial charge in [0.05, 0.1) is 13.5 Å². The van der Waals surface area contributed by atoms with Gasteiger partial charge in [-0.15, -0.1) is 0 Å². The van der Waals surface area contributed by atoms with Crippen LogP contribution in [-0.2, 0) is 14.3 Å². The van der Waals surface area contributed by atoms with E-state index in [2.05, 4.69) is 5.32 Å². The second kappa shape index (κ2) is 8.10. The topological polar surface area (TPSA) is 81.7 Å². The van der Waals surface area contributed by atoms with Crippen LogP contribution >= 0.6 is 0 Å². The Hall–Kier alpha value is -2.73. The van der Waals surface area contributed by atoms with Gasteiger partial charge in [0.15, 0.2) is 5.78 Å². The fourth-order valence-electron chi connectivity index (χ4n) is 3.16. The highest BCUT2D eigenvalue weighted by atomic mass is 16.6. The summed E-state index contributed by atoms with van der Waals surface area (Å²) in [5.74, 6) is -0.719. The van der Waals surface area contributed by atoms with Crippen LogP contribution in [0.25, 0.3) is 10.8 Å². The summed E-state index contributed by atoms with van der Waals surface area (Å²) in [6.45, 7) is 0.747. The highest BCUT2D eigenvalue weighted by molar-refractivity contribution is 6.10. The largest absolute Gasteiger partial charge is 0.496 e. The SMILES string of the molecule is COc1ccc(C(=O)CCC(=O)OC(=O)[C@@H]2CCCN2)c2ccccc12. The molecule has 3 rings (SSSR count). The first kappa shape index (κ1) is 18.1. The third-order valence-corrected chi connectivity index (χ3v) is 4.52. The van der Waals surface area contributed by atoms with E-state index in [4.69, 9.17) is 9.47 Å². The van der Waals surface area contributed by atoms with Crippen LogP contribution < -0.4 is 10.1 Å². The number of benzene rings is 2. The lowest BCUT2D eigenvalue weighted by Crippen LogP contribution is -2.33. The molecule has 0 amide bonds. The van der Waals surface area contributed by atoms with Gasteiger partial charge in [0.1, 0.15) is 11.8 Å². The Labute approximate surface area is 151 Å². The Bertz CT molecular complexity index is 839. The molecule has 6 heteroatoms. The molecule has 0 unspecified atom stereocenters. The monoisotopic (exact) mass is 355 g/mol. The van der Waals surface area contributed by atoms with Crippen molar-refractivity contribution in [3.05, 3.63) is 42.0 Å². The van der Waals surface area contributed by atoms with Crippen molar-refractivity contribution in [2.45, 2.75) is 31.7 Å². The van der Waals surface area contributed by atoms with E-state index in [9.17, 15) is 14.4 Å². The number of hydrogen-bond acceptors (Lipinski definition) is 6. The van der Waals surface area contributed by atoms with Gasteiger partial charge in [0.25, 0.3) is 0 Å². The molecule has 136 valence electrons. The lowest BCUT2D eigenvalue weighted by molar-refractivity contribution is -0.160. The lowest BCUT2D eigenvalue weighted by atomic mass is 9.98. The molecule has 6 nitrogen and oxygen atoms in total. The molecule has 26 heavy (non-hydrogen) atoms. The van der Waals surface area contributed by atoms with Gasteiger partial charge in [0, 0.05) is 17.4 Å². The number of Topliss-reactive ketones (excluding diaryl/α,β-unsaturated/α-hetero) is 1. The van der Waals surface area contributed by atoms with Gasteiger partial charge in [-0.2, -0.15) is 0 Å². The summed E-state index contributed by atoms with van der Waals surface area (Å²) in [5, 5.41) is 4.59. The van der Waals surface area contributed by atoms with E-state index in [1.807, 2.05) is 24.3 Å². The van der Waals surface area contributed by atoms with E-state index < -0.39 is 18.0 Å². The fourth-order valence-corrected chi connectivity index (χ4v) is 3.16. The number of hydrogen-bond donors (Lipinski definition) is 1. The van der Waals surface area contributed by atoms with Crippen molar-refractivity contribution in [1.82, 2.24) is 5.32 Å². The smallest absolute Gasteiger partial charge is 0.330 e. The standard InChI is InChI=1S/C20H21NO5/c1-25-18-10-8-14(13-5-2-3-6-15(13)18)17(22)9-11-19(23)26-20(24)16-7-4-12-21-16/h2-3,5-6,8,10,16,21H,4,7,9,11-12H2,1H3/t16-/m0/s1. The predicted octanol–water partition coefficient (Wildman–Crippen LogP) is 2.63. The molecule has 1 N–H and O–H groups in total. The number of ether oxygens (including phenoxy) is 2. The number of rotatable bonds is 6. The summed E-state index contributed by atoms with van der Waals surface area (Å²) in [4.78, 5) is 36.2. The van der Waals surface area contributed by atoms with Crippen molar-refractivity contribution >= 4 is 28.5 Å². The van der Waals surface area contributed by atoms with E-state index in [1.54, 1.807) is 19.2 Å². The summed E-state index contributed by atoms with van der Waals surface area (Å²) >= 11 is 0. The van der Waals surface area contributed by atoms with Crippen LogP contribution in [-0.4, -0.2) is 37.4 Å². The van der Waals surface area contributed by atoms with Crippen LogP contribution in [0.15, 0.2) is 36.4 Å². The Balaban J connectivity index is 1.64. The van der Waals surface area contributed by atoms with Gasteiger partial charge in [-0.05, 0) is 36.9 Å². The predicted molar refractivity (Wildman–Crippen MR) is 96.2 cm³/mol. The Kier molecular flexibility index (Phi) is 5.63. The summed E-state index contributed by atoms with van der Waals surface area (Å²) in [6, 6.07) is 10.5. The molecule has 1 saturated heterocycles. The molecule has 1 fully saturated rings. The van der Waals surface area contributed by atoms with E-state index in [1.165, 1.54) is 0 Å². The maximum absolute atomic E-state index is 12.6. The highest BCUT2D eigenvalue weighted by Crippen LogP contribution is 2.29. The minimum atomic E-state index is -0.671. The summed E-state index contributed by atoms with van der Waals surface area (Å²) in [5.41, 5.74) is 0.526. The average molecular weight is 355 g/mol. The van der Waals surface area contributed by atoms with Crippen LogP contribution in [0.4, 0.5) is 0 Å². The zero-order chi connectivity index (χ0) is 18.5. The van der Waals surface area contributed by atoms with Crippen LogP contribution in [0, 0.1) is 0 Å². The number of methoxy groups -OCH3 is 1. The van der Waals surface area contributed by atoms with E-state index in [0.717, 1.165) is 23.7 Å². The Morgan fingerprint density at radius 2 is 1.85 bits per heavy atom. The van der Waals surface area contributed by atoms with Gasteiger partial charge in [0.2, 0.25) is 0 Å². The molecule has 1 aliphatic heterocycles. The number of esters is 2. The first-order valence-electron chi connectivity index (χ1n) is 8.67. The first-order chi connectivity index (χ1) is 12.6. The lowest BCUT2D eigenvalue weighted by Gasteiger charge is -2.10. The third-order valence-electron chi connectivity index (χ3n) is 4.52. The van der Waals surface area contributed by atoms with E-state index in [0.29, 0.717) is 17.7 Å². The fraction of sp³-hybridized carbons (Fsp3) is 0.350. The summed E-state index contributed by atoms with van der Waals surface area (Å²) in [7, 11) is 1.58. The molecule has 2 aromatic carbocycles. The first-order valence-corrected chi connectivity index (χ1v) is 8.67. The summed E-state index contributed by atoms with van der Waals surface area (Å²) in [6.07, 6.45) is 1.41. The quantitative estimate of drug-likeness (QED) is 0.487. The minimum Gasteiger partial charge on any atom is -0.496 e. The number of fused-ring (bicyclic) bond motifs is 1. The van der Waals surface area contributed by atoms with Crippen molar-refractivity contribution in [1.29, 1.82) is 0 Å². The molecule has 0 spiro atoms. The normalized spacial score (nSPS) is 16.4. The van der Waals surface area contributed by atoms with Crippen LogP contribution in [0.5, 0.6) is 5.75 Å². The van der Waals surface area contributed by atoms with Crippen LogP contribution in [0.3, 0.4) is 0 Å². The zero-order valence-corrected chi connectivity index (χ0v) is 14.6. The van der Waals surface area contributed by atoms with Crippen molar-refractivity contribution < 1.29 is 23.9 Å². The van der Waals surface area contributed by atoms with Gasteiger partial charge < -0.3 is 14.8 Å². The molecular weight excluding hydrogens is 334 g/mol. The Morgan fingerprint density at radius 1 is 1.08 bits per heavy atom. The molecule has 1 atom stereocenters. The third kappa shape index (κ3) is 3.91. The molecule has 1 heterocycles. The van der Waals surface area contributed by atoms with Crippen LogP contribution in [0.1, 0.15) is 36.0 Å². The number of carbonyl (C=O) groups is 3. The molecule has 0 radical (unpaired) electrons. The molecular formula is C20H21NO5. The average Bonchev–Trinajstić information content (AvgIpc) is 3.20. The molecule has 0 bridgehead atoms. The van der Waals surface area contributed by atoms with Crippen molar-refractivity contribution in [3.8, 4) is 5.75 Å². The molecule has 2 aromatic rings. The number of ketones is 1. The second-order valence-corrected chi connectivity index (χ2v) is 6.23. The molecule has 0 saturated carbocycles. The zero-order valence-electron chi connectivity index (χ0n) is 14.6. The van der Waals surface area contributed by atoms with Crippen molar-refractivity contribution in [2.24, 2.45) is 0 Å². The van der Waals surface area contributed by atoms with Gasteiger partial charge in [-0.1, -0.05) is 24.3 Å². The van der Waals surface area contributed by atoms with Crippen molar-refractivity contribution in [2.75, 3.05) is 13.7 Å². The second-order valence-electron chi connectivity index (χ2n) is 6.23. The highest BCUT2D eigenvalue weighted by Gasteiger charge is 2.25. The van der Waals surface area contributed by atoms with E-state index in [-0.39, 0.29) is 18.6 Å².